The Morgan fingerprint density at radius 1 is 1.25 bits per heavy atom. The lowest BCUT2D eigenvalue weighted by molar-refractivity contribution is 0.379. The fourth-order valence-electron chi connectivity index (χ4n) is 1.58. The molecule has 0 fully saturated rings. The Labute approximate surface area is 121 Å². The van der Waals surface area contributed by atoms with Crippen LogP contribution in [0.15, 0.2) is 5.38 Å². The number of nitrogens with zero attached hydrogens (tertiary/aromatic N) is 4. The Balaban J connectivity index is 2.17. The van der Waals surface area contributed by atoms with Gasteiger partial charge in [0.25, 0.3) is 0 Å². The number of hydrogen-bond donors (Lipinski definition) is 2. The predicted molar refractivity (Wildman–Crippen MR) is 79.4 cm³/mol. The highest BCUT2D eigenvalue weighted by Crippen LogP contribution is 2.21. The third kappa shape index (κ3) is 3.53. The van der Waals surface area contributed by atoms with Crippen LogP contribution in [0.5, 0.6) is 6.01 Å². The van der Waals surface area contributed by atoms with Crippen molar-refractivity contribution in [3.8, 4) is 6.01 Å². The molecule has 7 nitrogen and oxygen atoms in total. The fraction of sp³-hybridized carbons (Fsp3) is 0.500. The molecular formula is C12H18N6OS. The fourth-order valence-corrected chi connectivity index (χ4v) is 2.38. The van der Waals surface area contributed by atoms with Crippen molar-refractivity contribution in [2.24, 2.45) is 0 Å². The molecule has 2 aromatic rings. The van der Waals surface area contributed by atoms with E-state index in [9.17, 15) is 0 Å². The lowest BCUT2D eigenvalue weighted by atomic mass is 10.3. The van der Waals surface area contributed by atoms with E-state index in [2.05, 4.69) is 30.6 Å². The van der Waals surface area contributed by atoms with Gasteiger partial charge in [-0.3, -0.25) is 0 Å². The summed E-state index contributed by atoms with van der Waals surface area (Å²) in [5.41, 5.74) is 1.01. The molecule has 0 aliphatic carbocycles. The normalized spacial score (nSPS) is 12.0. The summed E-state index contributed by atoms with van der Waals surface area (Å²) < 4.78 is 5.08. The summed E-state index contributed by atoms with van der Waals surface area (Å²) in [4.78, 5) is 17.0. The molecule has 0 saturated carbocycles. The van der Waals surface area contributed by atoms with Gasteiger partial charge in [0.1, 0.15) is 5.01 Å². The quantitative estimate of drug-likeness (QED) is 0.845. The first-order chi connectivity index (χ1) is 9.62. The van der Waals surface area contributed by atoms with Crippen molar-refractivity contribution in [2.75, 3.05) is 24.3 Å². The molecule has 2 aromatic heterocycles. The molecule has 0 aliphatic heterocycles. The maximum absolute atomic E-state index is 5.08. The molecular weight excluding hydrogens is 276 g/mol. The average molecular weight is 294 g/mol. The second kappa shape index (κ2) is 6.47. The van der Waals surface area contributed by atoms with E-state index in [1.54, 1.807) is 11.3 Å². The van der Waals surface area contributed by atoms with Crippen LogP contribution < -0.4 is 15.4 Å². The van der Waals surface area contributed by atoms with E-state index in [1.165, 1.54) is 7.11 Å². The summed E-state index contributed by atoms with van der Waals surface area (Å²) in [5.74, 6) is 0.956. The number of thiazole rings is 1. The van der Waals surface area contributed by atoms with Gasteiger partial charge in [-0.2, -0.15) is 15.0 Å². The van der Waals surface area contributed by atoms with Crippen LogP contribution in [-0.4, -0.2) is 33.6 Å². The molecule has 0 saturated heterocycles. The van der Waals surface area contributed by atoms with Crippen LogP contribution in [0.25, 0.3) is 0 Å². The molecule has 8 heteroatoms. The van der Waals surface area contributed by atoms with Crippen LogP contribution in [0.4, 0.5) is 11.9 Å². The number of hydrogen-bond acceptors (Lipinski definition) is 8. The third-order valence-electron chi connectivity index (χ3n) is 2.49. The van der Waals surface area contributed by atoms with Crippen molar-refractivity contribution < 1.29 is 4.74 Å². The largest absolute Gasteiger partial charge is 0.467 e. The molecule has 1 atom stereocenters. The van der Waals surface area contributed by atoms with Crippen LogP contribution in [0.2, 0.25) is 0 Å². The number of aryl methyl sites for hydroxylation is 1. The molecule has 1 unspecified atom stereocenters. The summed E-state index contributed by atoms with van der Waals surface area (Å²) in [6.45, 7) is 6.70. The maximum Gasteiger partial charge on any atom is 0.322 e. The minimum absolute atomic E-state index is 0.0234. The molecule has 0 aliphatic rings. The molecule has 0 bridgehead atoms. The van der Waals surface area contributed by atoms with Crippen LogP contribution in [0, 0.1) is 6.92 Å². The van der Waals surface area contributed by atoms with E-state index in [0.717, 1.165) is 17.2 Å². The van der Waals surface area contributed by atoms with Gasteiger partial charge in [-0.05, 0) is 20.8 Å². The molecule has 2 heterocycles. The minimum atomic E-state index is 0.0234. The van der Waals surface area contributed by atoms with Crippen molar-refractivity contribution in [3.05, 3.63) is 16.1 Å². The maximum atomic E-state index is 5.08. The number of ether oxygens (including phenoxy) is 1. The summed E-state index contributed by atoms with van der Waals surface area (Å²) >= 11 is 1.61. The number of anilines is 2. The van der Waals surface area contributed by atoms with Crippen molar-refractivity contribution in [1.29, 1.82) is 0 Å². The zero-order valence-corrected chi connectivity index (χ0v) is 12.8. The SMILES string of the molecule is CCNc1nc(NC(C)c2nc(C)cs2)nc(OC)n1. The average Bonchev–Trinajstić information content (AvgIpc) is 2.85. The van der Waals surface area contributed by atoms with Crippen LogP contribution in [0.1, 0.15) is 30.6 Å². The van der Waals surface area contributed by atoms with Crippen molar-refractivity contribution in [3.63, 3.8) is 0 Å². The molecule has 108 valence electrons. The molecule has 0 radical (unpaired) electrons. The van der Waals surface area contributed by atoms with Crippen LogP contribution >= 0.6 is 11.3 Å². The number of aromatic nitrogens is 4. The lowest BCUT2D eigenvalue weighted by Gasteiger charge is -2.12. The van der Waals surface area contributed by atoms with Gasteiger partial charge in [0.2, 0.25) is 11.9 Å². The monoisotopic (exact) mass is 294 g/mol. The minimum Gasteiger partial charge on any atom is -0.467 e. The molecule has 0 amide bonds. The molecule has 20 heavy (non-hydrogen) atoms. The Hall–Kier alpha value is -1.96. The van der Waals surface area contributed by atoms with E-state index in [1.807, 2.05) is 26.2 Å². The van der Waals surface area contributed by atoms with E-state index < -0.39 is 0 Å². The lowest BCUT2D eigenvalue weighted by Crippen LogP contribution is -2.12. The van der Waals surface area contributed by atoms with Crippen molar-refractivity contribution in [2.45, 2.75) is 26.8 Å². The summed E-state index contributed by atoms with van der Waals surface area (Å²) in [7, 11) is 1.53. The van der Waals surface area contributed by atoms with Gasteiger partial charge in [-0.1, -0.05) is 0 Å². The van der Waals surface area contributed by atoms with Crippen molar-refractivity contribution >= 4 is 23.2 Å². The first-order valence-corrected chi connectivity index (χ1v) is 7.22. The van der Waals surface area contributed by atoms with Gasteiger partial charge in [0.15, 0.2) is 0 Å². The highest BCUT2D eigenvalue weighted by molar-refractivity contribution is 7.09. The van der Waals surface area contributed by atoms with Crippen LogP contribution in [0.3, 0.4) is 0 Å². The van der Waals surface area contributed by atoms with E-state index >= 15 is 0 Å². The van der Waals surface area contributed by atoms with Crippen molar-refractivity contribution in [1.82, 2.24) is 19.9 Å². The van der Waals surface area contributed by atoms with Gasteiger partial charge in [0, 0.05) is 17.6 Å². The summed E-state index contributed by atoms with van der Waals surface area (Å²) in [6, 6.07) is 0.302. The third-order valence-corrected chi connectivity index (χ3v) is 3.63. The number of rotatable bonds is 6. The first kappa shape index (κ1) is 14.4. The zero-order valence-electron chi connectivity index (χ0n) is 12.0. The molecule has 2 N–H and O–H groups in total. The Morgan fingerprint density at radius 3 is 2.60 bits per heavy atom. The second-order valence-electron chi connectivity index (χ2n) is 4.19. The zero-order chi connectivity index (χ0) is 14.5. The highest BCUT2D eigenvalue weighted by atomic mass is 32.1. The number of methoxy groups -OCH3 is 1. The van der Waals surface area contributed by atoms with E-state index in [-0.39, 0.29) is 12.1 Å². The van der Waals surface area contributed by atoms with Crippen LogP contribution in [-0.2, 0) is 0 Å². The van der Waals surface area contributed by atoms with Gasteiger partial charge in [0.05, 0.1) is 13.2 Å². The predicted octanol–water partition coefficient (Wildman–Crippen LogP) is 2.25. The first-order valence-electron chi connectivity index (χ1n) is 6.35. The Morgan fingerprint density at radius 2 is 2.00 bits per heavy atom. The van der Waals surface area contributed by atoms with Gasteiger partial charge in [-0.25, -0.2) is 4.98 Å². The smallest absolute Gasteiger partial charge is 0.322 e. The molecule has 2 rings (SSSR count). The molecule has 0 spiro atoms. The molecule has 0 aromatic carbocycles. The summed E-state index contributed by atoms with van der Waals surface area (Å²) in [5, 5.41) is 9.27. The highest BCUT2D eigenvalue weighted by Gasteiger charge is 2.13. The topological polar surface area (TPSA) is 84.9 Å². The summed E-state index contributed by atoms with van der Waals surface area (Å²) in [6.07, 6.45) is 0. The van der Waals surface area contributed by atoms with Gasteiger partial charge >= 0.3 is 6.01 Å². The van der Waals surface area contributed by atoms with E-state index in [0.29, 0.717) is 11.9 Å². The van der Waals surface area contributed by atoms with E-state index in [4.69, 9.17) is 4.74 Å². The second-order valence-corrected chi connectivity index (χ2v) is 5.08. The number of nitrogens with one attached hydrogen (secondary N) is 2. The van der Waals surface area contributed by atoms with Gasteiger partial charge in [-0.15, -0.1) is 11.3 Å². The van der Waals surface area contributed by atoms with Gasteiger partial charge < -0.3 is 15.4 Å². The Bertz CT molecular complexity index is 573. The Kier molecular flexibility index (Phi) is 4.67. The standard InChI is InChI=1S/C12H18N6OS/c1-5-13-10-16-11(18-12(17-10)19-4)15-8(3)9-14-7(2)6-20-9/h6,8H,5H2,1-4H3,(H2,13,15,16,17,18).